The number of hydrogen-bond donors (Lipinski definition) is 0. The smallest absolute Gasteiger partial charge is 0.214 e. The van der Waals surface area contributed by atoms with Crippen LogP contribution in [-0.4, -0.2) is 30.4 Å². The van der Waals surface area contributed by atoms with Crippen LogP contribution in [-0.2, 0) is 4.57 Å². The molecule has 0 unspecified atom stereocenters. The Kier molecular flexibility index (Phi) is 2.82. The summed E-state index contributed by atoms with van der Waals surface area (Å²) in [6.07, 6.45) is 1.45. The molecule has 1 aromatic rings. The lowest BCUT2D eigenvalue weighted by Crippen LogP contribution is -2.33. The van der Waals surface area contributed by atoms with Gasteiger partial charge in [0, 0.05) is 25.4 Å². The van der Waals surface area contributed by atoms with Crippen molar-refractivity contribution < 1.29 is 8.96 Å². The van der Waals surface area contributed by atoms with Gasteiger partial charge in [0.2, 0.25) is 5.95 Å². The summed E-state index contributed by atoms with van der Waals surface area (Å²) in [5.41, 5.74) is 0. The monoisotopic (exact) mass is 214 g/mol. The summed E-state index contributed by atoms with van der Waals surface area (Å²) >= 11 is 0. The largest absolute Gasteiger partial charge is 0.356 e. The lowest BCUT2D eigenvalue weighted by molar-refractivity contribution is 0.575. The Morgan fingerprint density at radius 1 is 1.36 bits per heavy atom. The number of rotatable bonds is 1. The van der Waals surface area contributed by atoms with Crippen molar-refractivity contribution in [2.24, 2.45) is 0 Å². The highest BCUT2D eigenvalue weighted by Gasteiger charge is 2.16. The van der Waals surface area contributed by atoms with Crippen molar-refractivity contribution in [3.8, 4) is 0 Å². The molecule has 0 saturated carbocycles. The fraction of sp³-hybridized carbons (Fsp3) is 0.444. The van der Waals surface area contributed by atoms with Gasteiger partial charge in [-0.2, -0.15) is 4.39 Å². The van der Waals surface area contributed by atoms with Gasteiger partial charge in [0.05, 0.1) is 7.80 Å². The number of pyridine rings is 1. The second-order valence-electron chi connectivity index (χ2n) is 3.34. The fourth-order valence-corrected chi connectivity index (χ4v) is 2.85. The van der Waals surface area contributed by atoms with Gasteiger partial charge in [0.15, 0.2) is 0 Å². The van der Waals surface area contributed by atoms with Crippen LogP contribution in [0.15, 0.2) is 18.2 Å². The molecule has 14 heavy (non-hydrogen) atoms. The summed E-state index contributed by atoms with van der Waals surface area (Å²) in [4.78, 5) is 5.77. The van der Waals surface area contributed by atoms with E-state index >= 15 is 0 Å². The third-order valence-corrected chi connectivity index (χ3v) is 3.91. The summed E-state index contributed by atoms with van der Waals surface area (Å²) in [5, 5.41) is 0. The molecule has 1 aliphatic rings. The molecular weight excluding hydrogens is 202 g/mol. The van der Waals surface area contributed by atoms with Gasteiger partial charge in [0.1, 0.15) is 5.82 Å². The van der Waals surface area contributed by atoms with E-state index in [2.05, 4.69) is 4.98 Å². The molecule has 1 aromatic heterocycles. The van der Waals surface area contributed by atoms with E-state index in [0.29, 0.717) is 5.82 Å². The van der Waals surface area contributed by atoms with Crippen molar-refractivity contribution in [3.05, 3.63) is 24.1 Å². The molecule has 2 heterocycles. The Bertz CT molecular complexity index is 348. The average molecular weight is 214 g/mol. The Labute approximate surface area is 82.7 Å². The first-order valence-electron chi connectivity index (χ1n) is 4.65. The van der Waals surface area contributed by atoms with Crippen LogP contribution in [0.4, 0.5) is 10.2 Å². The van der Waals surface area contributed by atoms with Crippen molar-refractivity contribution in [2.75, 3.05) is 30.3 Å². The van der Waals surface area contributed by atoms with Crippen molar-refractivity contribution >= 4 is 13.6 Å². The van der Waals surface area contributed by atoms with Gasteiger partial charge in [-0.05, 0) is 12.1 Å². The van der Waals surface area contributed by atoms with Crippen LogP contribution in [0.3, 0.4) is 0 Å². The molecular formula is C9H12FN2OP. The zero-order chi connectivity index (χ0) is 9.97. The molecule has 1 fully saturated rings. The highest BCUT2D eigenvalue weighted by atomic mass is 31.1. The van der Waals surface area contributed by atoms with Gasteiger partial charge in [0.25, 0.3) is 0 Å². The van der Waals surface area contributed by atoms with E-state index in [-0.39, 0.29) is 0 Å². The molecule has 0 aliphatic carbocycles. The standard InChI is InChI=1S/C9H12FN2OP/c10-8-2-1-3-9(11-8)12-4-6-14(13)7-5-12/h1-3,14H,4-7H2. The molecule has 1 aliphatic heterocycles. The zero-order valence-corrected chi connectivity index (χ0v) is 8.74. The van der Waals surface area contributed by atoms with E-state index in [1.165, 1.54) is 6.07 Å². The summed E-state index contributed by atoms with van der Waals surface area (Å²) in [5.74, 6) is 0.195. The van der Waals surface area contributed by atoms with Gasteiger partial charge < -0.3 is 9.46 Å². The molecule has 2 rings (SSSR count). The molecule has 0 atom stereocenters. The maximum Gasteiger partial charge on any atom is 0.214 e. The molecule has 1 saturated heterocycles. The molecule has 0 N–H and O–H groups in total. The van der Waals surface area contributed by atoms with Crippen LogP contribution < -0.4 is 4.90 Å². The molecule has 0 amide bonds. The van der Waals surface area contributed by atoms with E-state index in [1.807, 2.05) is 4.90 Å². The predicted octanol–water partition coefficient (Wildman–Crippen LogP) is 1.60. The van der Waals surface area contributed by atoms with Gasteiger partial charge in [-0.1, -0.05) is 6.07 Å². The minimum absolute atomic E-state index is 0.458. The molecule has 3 nitrogen and oxygen atoms in total. The van der Waals surface area contributed by atoms with E-state index in [9.17, 15) is 8.96 Å². The predicted molar refractivity (Wildman–Crippen MR) is 55.1 cm³/mol. The topological polar surface area (TPSA) is 33.2 Å². The first-order chi connectivity index (χ1) is 6.75. The maximum atomic E-state index is 12.8. The second-order valence-corrected chi connectivity index (χ2v) is 5.42. The second kappa shape index (κ2) is 4.09. The Morgan fingerprint density at radius 3 is 2.71 bits per heavy atom. The Balaban J connectivity index is 2.12. The van der Waals surface area contributed by atoms with Crippen LogP contribution in [0.25, 0.3) is 0 Å². The van der Waals surface area contributed by atoms with Crippen LogP contribution in [0.5, 0.6) is 0 Å². The lowest BCUT2D eigenvalue weighted by Gasteiger charge is -2.27. The highest BCUT2D eigenvalue weighted by Crippen LogP contribution is 2.26. The number of anilines is 1. The highest BCUT2D eigenvalue weighted by molar-refractivity contribution is 7.44. The normalized spacial score (nSPS) is 18.5. The molecule has 0 spiro atoms. The van der Waals surface area contributed by atoms with Crippen molar-refractivity contribution in [1.82, 2.24) is 4.98 Å². The van der Waals surface area contributed by atoms with E-state index in [0.717, 1.165) is 25.4 Å². The molecule has 0 aromatic carbocycles. The number of nitrogens with zero attached hydrogens (tertiary/aromatic N) is 2. The molecule has 5 heteroatoms. The summed E-state index contributed by atoms with van der Waals surface area (Å²) < 4.78 is 24.0. The first-order valence-corrected chi connectivity index (χ1v) is 6.47. The maximum absolute atomic E-state index is 12.8. The van der Waals surface area contributed by atoms with Gasteiger partial charge in [-0.25, -0.2) is 4.98 Å². The van der Waals surface area contributed by atoms with E-state index < -0.39 is 13.7 Å². The molecule has 76 valence electrons. The summed E-state index contributed by atoms with van der Waals surface area (Å²) in [6.45, 7) is 1.46. The summed E-state index contributed by atoms with van der Waals surface area (Å²) in [6, 6.07) is 4.76. The molecule has 0 radical (unpaired) electrons. The van der Waals surface area contributed by atoms with Gasteiger partial charge in [-0.15, -0.1) is 0 Å². The molecule has 0 bridgehead atoms. The zero-order valence-electron chi connectivity index (χ0n) is 7.74. The third-order valence-electron chi connectivity index (χ3n) is 2.35. The van der Waals surface area contributed by atoms with Crippen molar-refractivity contribution in [1.29, 1.82) is 0 Å². The van der Waals surface area contributed by atoms with Crippen LogP contribution in [0.2, 0.25) is 0 Å². The van der Waals surface area contributed by atoms with Crippen molar-refractivity contribution in [2.45, 2.75) is 0 Å². The third kappa shape index (κ3) is 2.13. The summed E-state index contributed by atoms with van der Waals surface area (Å²) in [7, 11) is -1.36. The number of aromatic nitrogens is 1. The Morgan fingerprint density at radius 2 is 2.07 bits per heavy atom. The quantitative estimate of drug-likeness (QED) is 0.526. The van der Waals surface area contributed by atoms with E-state index in [1.54, 1.807) is 12.1 Å². The Hall–Kier alpha value is -0.890. The lowest BCUT2D eigenvalue weighted by atomic mass is 10.4. The first kappa shape index (κ1) is 9.66. The minimum Gasteiger partial charge on any atom is -0.356 e. The van der Waals surface area contributed by atoms with Crippen LogP contribution in [0, 0.1) is 5.95 Å². The van der Waals surface area contributed by atoms with Gasteiger partial charge in [-0.3, -0.25) is 0 Å². The minimum atomic E-state index is -1.36. The average Bonchev–Trinajstić information content (AvgIpc) is 2.19. The van der Waals surface area contributed by atoms with Gasteiger partial charge >= 0.3 is 0 Å². The number of hydrogen-bond acceptors (Lipinski definition) is 3. The van der Waals surface area contributed by atoms with Crippen LogP contribution >= 0.6 is 7.80 Å². The fourth-order valence-electron chi connectivity index (χ4n) is 1.56. The SMILES string of the molecule is O=[PH]1CCN(c2cccc(F)n2)CC1. The number of halogens is 1. The van der Waals surface area contributed by atoms with Crippen molar-refractivity contribution in [3.63, 3.8) is 0 Å². The van der Waals surface area contributed by atoms with E-state index in [4.69, 9.17) is 0 Å². The van der Waals surface area contributed by atoms with Crippen LogP contribution in [0.1, 0.15) is 0 Å².